The molecular weight excluding hydrogens is 210 g/mol. The van der Waals surface area contributed by atoms with Crippen molar-refractivity contribution in [3.05, 3.63) is 23.8 Å². The quantitative estimate of drug-likeness (QED) is 0.582. The van der Waals surface area contributed by atoms with Gasteiger partial charge in [-0.1, -0.05) is 6.07 Å². The average Bonchev–Trinajstić information content (AvgIpc) is 2.15. The van der Waals surface area contributed by atoms with E-state index >= 15 is 0 Å². The number of benzene rings is 1. The maximum absolute atomic E-state index is 11.7. The molecule has 1 aliphatic rings. The molecule has 0 aromatic heterocycles. The Morgan fingerprint density at radius 2 is 1.81 bits per heavy atom. The molecule has 0 unspecified atom stereocenters. The fourth-order valence-corrected chi connectivity index (χ4v) is 1.72. The molecule has 4 N–H and O–H groups in total. The number of aromatic hydroxyl groups is 2. The molecule has 0 radical (unpaired) electrons. The van der Waals surface area contributed by atoms with Crippen molar-refractivity contribution in [1.82, 2.24) is 5.32 Å². The van der Waals surface area contributed by atoms with Gasteiger partial charge in [0.2, 0.25) is 0 Å². The first-order valence-electron chi connectivity index (χ1n) is 5.08. The number of phenols is 2. The molecule has 1 aromatic carbocycles. The molecule has 0 spiro atoms. The van der Waals surface area contributed by atoms with Crippen LogP contribution in [-0.4, -0.2) is 33.4 Å². The van der Waals surface area contributed by atoms with E-state index in [-0.39, 0.29) is 29.2 Å². The minimum absolute atomic E-state index is 0.0819. The van der Waals surface area contributed by atoms with Gasteiger partial charge in [-0.25, -0.2) is 0 Å². The Balaban J connectivity index is 2.09. The highest BCUT2D eigenvalue weighted by atomic mass is 16.3. The molecule has 5 nitrogen and oxygen atoms in total. The first kappa shape index (κ1) is 10.8. The molecule has 0 aliphatic heterocycles. The SMILES string of the molecule is O=C(NC1CC(O)C1)c1c(O)cccc1O. The summed E-state index contributed by atoms with van der Waals surface area (Å²) in [4.78, 5) is 11.7. The Morgan fingerprint density at radius 1 is 1.25 bits per heavy atom. The van der Waals surface area contributed by atoms with Crippen LogP contribution in [0.3, 0.4) is 0 Å². The highest BCUT2D eigenvalue weighted by Gasteiger charge is 2.29. The van der Waals surface area contributed by atoms with E-state index in [4.69, 9.17) is 5.11 Å². The third kappa shape index (κ3) is 1.94. The Kier molecular flexibility index (Phi) is 2.70. The van der Waals surface area contributed by atoms with E-state index < -0.39 is 5.91 Å². The fourth-order valence-electron chi connectivity index (χ4n) is 1.72. The number of aliphatic hydroxyl groups excluding tert-OH is 1. The van der Waals surface area contributed by atoms with Crippen LogP contribution in [0.2, 0.25) is 0 Å². The smallest absolute Gasteiger partial charge is 0.259 e. The van der Waals surface area contributed by atoms with Crippen molar-refractivity contribution < 1.29 is 20.1 Å². The van der Waals surface area contributed by atoms with Crippen molar-refractivity contribution in [3.63, 3.8) is 0 Å². The van der Waals surface area contributed by atoms with Gasteiger partial charge in [0.15, 0.2) is 0 Å². The van der Waals surface area contributed by atoms with E-state index in [2.05, 4.69) is 5.32 Å². The monoisotopic (exact) mass is 223 g/mol. The van der Waals surface area contributed by atoms with Gasteiger partial charge in [-0.15, -0.1) is 0 Å². The lowest BCUT2D eigenvalue weighted by Gasteiger charge is -2.32. The Bertz CT molecular complexity index is 392. The molecule has 1 aromatic rings. The van der Waals surface area contributed by atoms with Crippen molar-refractivity contribution in [1.29, 1.82) is 0 Å². The van der Waals surface area contributed by atoms with Gasteiger partial charge in [-0.3, -0.25) is 4.79 Å². The van der Waals surface area contributed by atoms with Crippen molar-refractivity contribution in [2.24, 2.45) is 0 Å². The molecule has 0 bridgehead atoms. The van der Waals surface area contributed by atoms with Gasteiger partial charge in [0, 0.05) is 6.04 Å². The Hall–Kier alpha value is -1.75. The van der Waals surface area contributed by atoms with Crippen LogP contribution in [0.1, 0.15) is 23.2 Å². The summed E-state index contributed by atoms with van der Waals surface area (Å²) in [6.45, 7) is 0. The summed E-state index contributed by atoms with van der Waals surface area (Å²) >= 11 is 0. The predicted molar refractivity (Wildman–Crippen MR) is 56.3 cm³/mol. The summed E-state index contributed by atoms with van der Waals surface area (Å²) in [5.74, 6) is -1.03. The van der Waals surface area contributed by atoms with Crippen LogP contribution >= 0.6 is 0 Å². The summed E-state index contributed by atoms with van der Waals surface area (Å²) < 4.78 is 0. The van der Waals surface area contributed by atoms with E-state index in [9.17, 15) is 15.0 Å². The van der Waals surface area contributed by atoms with Crippen molar-refractivity contribution >= 4 is 5.91 Å². The third-order valence-electron chi connectivity index (χ3n) is 2.70. The lowest BCUT2D eigenvalue weighted by molar-refractivity contribution is 0.0561. The minimum Gasteiger partial charge on any atom is -0.507 e. The van der Waals surface area contributed by atoms with Crippen LogP contribution in [0, 0.1) is 0 Å². The molecule has 0 heterocycles. The second-order valence-corrected chi connectivity index (χ2v) is 3.97. The van der Waals surface area contributed by atoms with E-state index in [1.165, 1.54) is 18.2 Å². The number of carbonyl (C=O) groups excluding carboxylic acids is 1. The van der Waals surface area contributed by atoms with Gasteiger partial charge in [0.25, 0.3) is 5.91 Å². The van der Waals surface area contributed by atoms with Crippen LogP contribution in [0.15, 0.2) is 18.2 Å². The number of nitrogens with one attached hydrogen (secondary N) is 1. The van der Waals surface area contributed by atoms with Crippen LogP contribution in [0.4, 0.5) is 0 Å². The van der Waals surface area contributed by atoms with Gasteiger partial charge in [-0.2, -0.15) is 0 Å². The number of aliphatic hydroxyl groups is 1. The zero-order chi connectivity index (χ0) is 11.7. The van der Waals surface area contributed by atoms with Gasteiger partial charge in [0.1, 0.15) is 17.1 Å². The second kappa shape index (κ2) is 4.02. The zero-order valence-electron chi connectivity index (χ0n) is 8.55. The lowest BCUT2D eigenvalue weighted by Crippen LogP contribution is -2.46. The molecule has 2 rings (SSSR count). The number of rotatable bonds is 2. The molecule has 5 heteroatoms. The second-order valence-electron chi connectivity index (χ2n) is 3.97. The molecule has 86 valence electrons. The molecule has 0 atom stereocenters. The maximum atomic E-state index is 11.7. The molecule has 1 amide bonds. The highest BCUT2D eigenvalue weighted by Crippen LogP contribution is 2.27. The lowest BCUT2D eigenvalue weighted by atomic mass is 9.89. The topological polar surface area (TPSA) is 89.8 Å². The highest BCUT2D eigenvalue weighted by molar-refractivity contribution is 5.99. The van der Waals surface area contributed by atoms with Crippen LogP contribution in [-0.2, 0) is 0 Å². The number of hydrogen-bond donors (Lipinski definition) is 4. The van der Waals surface area contributed by atoms with E-state index in [1.807, 2.05) is 0 Å². The average molecular weight is 223 g/mol. The first-order chi connectivity index (χ1) is 7.58. The van der Waals surface area contributed by atoms with E-state index in [0.29, 0.717) is 12.8 Å². The number of amides is 1. The summed E-state index contributed by atoms with van der Waals surface area (Å²) in [7, 11) is 0. The van der Waals surface area contributed by atoms with Gasteiger partial charge in [0.05, 0.1) is 6.10 Å². The normalized spacial score (nSPS) is 23.6. The largest absolute Gasteiger partial charge is 0.507 e. The number of phenolic OH excluding ortho intramolecular Hbond substituents is 2. The summed E-state index contributed by atoms with van der Waals surface area (Å²) in [6, 6.07) is 4.05. The molecule has 16 heavy (non-hydrogen) atoms. The maximum Gasteiger partial charge on any atom is 0.259 e. The van der Waals surface area contributed by atoms with Crippen LogP contribution < -0.4 is 5.32 Å². The molecule has 1 aliphatic carbocycles. The van der Waals surface area contributed by atoms with Crippen LogP contribution in [0.5, 0.6) is 11.5 Å². The fraction of sp³-hybridized carbons (Fsp3) is 0.364. The van der Waals surface area contributed by atoms with Crippen molar-refractivity contribution in [3.8, 4) is 11.5 Å². The van der Waals surface area contributed by atoms with Gasteiger partial charge < -0.3 is 20.6 Å². The van der Waals surface area contributed by atoms with E-state index in [1.54, 1.807) is 0 Å². The third-order valence-corrected chi connectivity index (χ3v) is 2.70. The summed E-state index contributed by atoms with van der Waals surface area (Å²) in [5, 5.41) is 30.6. The first-order valence-corrected chi connectivity index (χ1v) is 5.08. The standard InChI is InChI=1S/C11H13NO4/c13-7-4-6(5-7)12-11(16)10-8(14)2-1-3-9(10)15/h1-3,6-7,13-15H,4-5H2,(H,12,16). The van der Waals surface area contributed by atoms with Crippen molar-refractivity contribution in [2.45, 2.75) is 25.0 Å². The summed E-state index contributed by atoms with van der Waals surface area (Å²) in [5.41, 5.74) is -0.121. The van der Waals surface area contributed by atoms with E-state index in [0.717, 1.165) is 0 Å². The Labute approximate surface area is 92.3 Å². The predicted octanol–water partition coefficient (Wildman–Crippen LogP) is 0.351. The number of hydrogen-bond acceptors (Lipinski definition) is 4. The minimum atomic E-state index is -0.521. The van der Waals surface area contributed by atoms with Gasteiger partial charge >= 0.3 is 0 Å². The van der Waals surface area contributed by atoms with Gasteiger partial charge in [-0.05, 0) is 25.0 Å². The molecule has 1 fully saturated rings. The Morgan fingerprint density at radius 3 is 2.31 bits per heavy atom. The zero-order valence-corrected chi connectivity index (χ0v) is 8.55. The van der Waals surface area contributed by atoms with Crippen molar-refractivity contribution in [2.75, 3.05) is 0 Å². The summed E-state index contributed by atoms with van der Waals surface area (Å²) in [6.07, 6.45) is 0.670. The number of carbonyl (C=O) groups is 1. The van der Waals surface area contributed by atoms with Crippen LogP contribution in [0.25, 0.3) is 0 Å². The molecular formula is C11H13NO4. The molecule has 0 saturated heterocycles. The molecule has 1 saturated carbocycles.